The van der Waals surface area contributed by atoms with Crippen molar-refractivity contribution >= 4 is 16.9 Å². The zero-order valence-electron chi connectivity index (χ0n) is 14.5. The monoisotopic (exact) mass is 366 g/mol. The first-order valence-electron chi connectivity index (χ1n) is 8.70. The number of rotatable bonds is 4. The van der Waals surface area contributed by atoms with Gasteiger partial charge in [0.1, 0.15) is 11.7 Å². The molecule has 0 saturated carbocycles. The number of carbonyl (C=O) groups is 1. The zero-order valence-corrected chi connectivity index (χ0v) is 14.5. The molecule has 1 N–H and O–H groups in total. The Labute approximate surface area is 154 Å². The molecule has 27 heavy (non-hydrogen) atoms. The number of hydrogen-bond acceptors (Lipinski definition) is 6. The van der Waals surface area contributed by atoms with Crippen LogP contribution >= 0.6 is 0 Å². The van der Waals surface area contributed by atoms with Crippen LogP contribution in [0.3, 0.4) is 0 Å². The number of aromatic nitrogens is 1. The van der Waals surface area contributed by atoms with E-state index < -0.39 is 5.91 Å². The van der Waals surface area contributed by atoms with Crippen LogP contribution in [0.5, 0.6) is 5.88 Å². The molecule has 1 aromatic carbocycles. The van der Waals surface area contributed by atoms with E-state index in [9.17, 15) is 9.59 Å². The summed E-state index contributed by atoms with van der Waals surface area (Å²) in [5.41, 5.74) is 0.111. The van der Waals surface area contributed by atoms with E-state index in [1.54, 1.807) is 42.6 Å². The Kier molecular flexibility index (Phi) is 4.84. The SMILES string of the molecule is O=C(N[C@@H]1COCC[C@H]1Oc1ccccn1)c1cc(=O)c2ccccc2o1. The van der Waals surface area contributed by atoms with Gasteiger partial charge in [-0.1, -0.05) is 18.2 Å². The minimum Gasteiger partial charge on any atom is -0.472 e. The molecule has 3 aromatic rings. The second kappa shape index (κ2) is 7.59. The van der Waals surface area contributed by atoms with Gasteiger partial charge < -0.3 is 19.2 Å². The first-order chi connectivity index (χ1) is 13.2. The third kappa shape index (κ3) is 3.83. The quantitative estimate of drug-likeness (QED) is 0.761. The minimum absolute atomic E-state index is 0.0409. The Hall–Kier alpha value is -3.19. The van der Waals surface area contributed by atoms with E-state index in [0.29, 0.717) is 36.5 Å². The summed E-state index contributed by atoms with van der Waals surface area (Å²) in [5.74, 6) is -0.0373. The molecule has 4 rings (SSSR count). The summed E-state index contributed by atoms with van der Waals surface area (Å²) < 4.78 is 17.0. The number of nitrogens with one attached hydrogen (secondary N) is 1. The molecule has 0 aliphatic carbocycles. The Morgan fingerprint density at radius 2 is 2.04 bits per heavy atom. The first-order valence-corrected chi connectivity index (χ1v) is 8.70. The molecule has 0 unspecified atom stereocenters. The van der Waals surface area contributed by atoms with Gasteiger partial charge >= 0.3 is 0 Å². The predicted octanol–water partition coefficient (Wildman–Crippen LogP) is 2.15. The van der Waals surface area contributed by atoms with Crippen molar-refractivity contribution < 1.29 is 18.7 Å². The molecule has 7 heteroatoms. The topological polar surface area (TPSA) is 90.7 Å². The summed E-state index contributed by atoms with van der Waals surface area (Å²) in [6.07, 6.45) is 1.97. The van der Waals surface area contributed by atoms with Gasteiger partial charge in [0.2, 0.25) is 5.88 Å². The van der Waals surface area contributed by atoms with E-state index >= 15 is 0 Å². The van der Waals surface area contributed by atoms with Crippen molar-refractivity contribution in [2.45, 2.75) is 18.6 Å². The van der Waals surface area contributed by atoms with Gasteiger partial charge in [-0.05, 0) is 18.2 Å². The summed E-state index contributed by atoms with van der Waals surface area (Å²) in [7, 11) is 0. The lowest BCUT2D eigenvalue weighted by Gasteiger charge is -2.31. The number of pyridine rings is 1. The highest BCUT2D eigenvalue weighted by molar-refractivity contribution is 5.93. The number of ether oxygens (including phenoxy) is 2. The van der Waals surface area contributed by atoms with Crippen molar-refractivity contribution in [3.05, 3.63) is 70.7 Å². The molecule has 0 bridgehead atoms. The van der Waals surface area contributed by atoms with Gasteiger partial charge in [-0.25, -0.2) is 4.98 Å². The second-order valence-corrected chi connectivity index (χ2v) is 6.24. The van der Waals surface area contributed by atoms with Crippen LogP contribution < -0.4 is 15.5 Å². The standard InChI is InChI=1S/C20H18N2O5/c23-15-11-18(26-16-6-2-1-5-13(15)16)20(24)22-14-12-25-10-8-17(14)27-19-7-3-4-9-21-19/h1-7,9,11,14,17H,8,10,12H2,(H,22,24)/t14-,17-/m1/s1. The number of para-hydroxylation sites is 1. The van der Waals surface area contributed by atoms with Gasteiger partial charge in [-0.15, -0.1) is 0 Å². The fourth-order valence-electron chi connectivity index (χ4n) is 3.02. The Morgan fingerprint density at radius 3 is 2.89 bits per heavy atom. The van der Waals surface area contributed by atoms with Crippen LogP contribution in [-0.4, -0.2) is 36.3 Å². The van der Waals surface area contributed by atoms with Crippen LogP contribution in [0.25, 0.3) is 11.0 Å². The summed E-state index contributed by atoms with van der Waals surface area (Å²) in [4.78, 5) is 29.0. The van der Waals surface area contributed by atoms with E-state index in [1.807, 2.05) is 6.07 Å². The highest BCUT2D eigenvalue weighted by Crippen LogP contribution is 2.17. The highest BCUT2D eigenvalue weighted by atomic mass is 16.5. The van der Waals surface area contributed by atoms with E-state index in [4.69, 9.17) is 13.9 Å². The molecule has 138 valence electrons. The molecule has 7 nitrogen and oxygen atoms in total. The predicted molar refractivity (Wildman–Crippen MR) is 97.8 cm³/mol. The number of amides is 1. The van der Waals surface area contributed by atoms with Gasteiger partial charge in [0.05, 0.1) is 24.6 Å². The highest BCUT2D eigenvalue weighted by Gasteiger charge is 2.30. The Morgan fingerprint density at radius 1 is 1.19 bits per heavy atom. The van der Waals surface area contributed by atoms with Crippen molar-refractivity contribution in [2.75, 3.05) is 13.2 Å². The first kappa shape index (κ1) is 17.2. The number of hydrogen-bond donors (Lipinski definition) is 1. The van der Waals surface area contributed by atoms with Crippen LogP contribution in [0.15, 0.2) is 63.9 Å². The summed E-state index contributed by atoms with van der Waals surface area (Å²) in [6.45, 7) is 0.843. The molecule has 0 radical (unpaired) electrons. The van der Waals surface area contributed by atoms with E-state index in [0.717, 1.165) is 0 Å². The lowest BCUT2D eigenvalue weighted by molar-refractivity contribution is -0.00479. The average Bonchev–Trinajstić information content (AvgIpc) is 2.70. The third-order valence-electron chi connectivity index (χ3n) is 4.38. The number of nitrogens with zero attached hydrogens (tertiary/aromatic N) is 1. The smallest absolute Gasteiger partial charge is 0.287 e. The molecule has 2 atom stereocenters. The van der Waals surface area contributed by atoms with Crippen molar-refractivity contribution in [2.24, 2.45) is 0 Å². The molecule has 0 spiro atoms. The second-order valence-electron chi connectivity index (χ2n) is 6.24. The maximum atomic E-state index is 12.6. The van der Waals surface area contributed by atoms with Gasteiger partial charge in [0, 0.05) is 24.8 Å². The van der Waals surface area contributed by atoms with Gasteiger partial charge in [0.25, 0.3) is 5.91 Å². The molecule has 1 amide bonds. The molecular weight excluding hydrogens is 348 g/mol. The van der Waals surface area contributed by atoms with E-state index in [2.05, 4.69) is 10.3 Å². The third-order valence-corrected chi connectivity index (χ3v) is 4.38. The molecule has 1 fully saturated rings. The van der Waals surface area contributed by atoms with Crippen molar-refractivity contribution in [1.82, 2.24) is 10.3 Å². The maximum Gasteiger partial charge on any atom is 0.287 e. The maximum absolute atomic E-state index is 12.6. The lowest BCUT2D eigenvalue weighted by Crippen LogP contribution is -2.52. The fourth-order valence-corrected chi connectivity index (χ4v) is 3.02. The molecule has 2 aromatic heterocycles. The fraction of sp³-hybridized carbons (Fsp3) is 0.250. The average molecular weight is 366 g/mol. The molecule has 1 saturated heterocycles. The van der Waals surface area contributed by atoms with Crippen LogP contribution in [0, 0.1) is 0 Å². The van der Waals surface area contributed by atoms with Crippen LogP contribution in [0.1, 0.15) is 17.0 Å². The van der Waals surface area contributed by atoms with Crippen molar-refractivity contribution in [3.8, 4) is 5.88 Å². The molecule has 3 heterocycles. The number of fused-ring (bicyclic) bond motifs is 1. The van der Waals surface area contributed by atoms with Gasteiger partial charge in [-0.2, -0.15) is 0 Å². The summed E-state index contributed by atoms with van der Waals surface area (Å²) >= 11 is 0. The van der Waals surface area contributed by atoms with Crippen LogP contribution in [-0.2, 0) is 4.74 Å². The Balaban J connectivity index is 1.53. The molecule has 1 aliphatic heterocycles. The normalized spacial score (nSPS) is 19.6. The van der Waals surface area contributed by atoms with E-state index in [1.165, 1.54) is 6.07 Å². The van der Waals surface area contributed by atoms with Crippen LogP contribution in [0.4, 0.5) is 0 Å². The van der Waals surface area contributed by atoms with Gasteiger partial charge in [-0.3, -0.25) is 9.59 Å². The van der Waals surface area contributed by atoms with Crippen molar-refractivity contribution in [1.29, 1.82) is 0 Å². The largest absolute Gasteiger partial charge is 0.472 e. The molecule has 1 aliphatic rings. The Bertz CT molecular complexity index is 1000. The lowest BCUT2D eigenvalue weighted by atomic mass is 10.1. The molecular formula is C20H18N2O5. The van der Waals surface area contributed by atoms with E-state index in [-0.39, 0.29) is 23.3 Å². The summed E-state index contributed by atoms with van der Waals surface area (Å²) in [5, 5.41) is 3.28. The van der Waals surface area contributed by atoms with Gasteiger partial charge in [0.15, 0.2) is 11.2 Å². The van der Waals surface area contributed by atoms with Crippen molar-refractivity contribution in [3.63, 3.8) is 0 Å². The minimum atomic E-state index is -0.483. The number of carbonyl (C=O) groups excluding carboxylic acids is 1. The number of benzene rings is 1. The van der Waals surface area contributed by atoms with Crippen LogP contribution in [0.2, 0.25) is 0 Å². The zero-order chi connectivity index (χ0) is 18.6. The summed E-state index contributed by atoms with van der Waals surface area (Å²) in [6, 6.07) is 13.0.